The molecule has 1 aliphatic rings. The van der Waals surface area contributed by atoms with E-state index in [1.54, 1.807) is 12.1 Å². The Kier molecular flexibility index (Phi) is 3.22. The van der Waals surface area contributed by atoms with Crippen LogP contribution >= 0.6 is 0 Å². The zero-order valence-corrected chi connectivity index (χ0v) is 9.03. The van der Waals surface area contributed by atoms with E-state index >= 15 is 0 Å². The van der Waals surface area contributed by atoms with Crippen LogP contribution in [0.1, 0.15) is 24.8 Å². The Morgan fingerprint density at radius 1 is 1.31 bits per heavy atom. The fraction of sp³-hybridized carbons (Fsp3) is 0.462. The zero-order chi connectivity index (χ0) is 11.5. The number of carboxylic acids is 1. The minimum Gasteiger partial charge on any atom is -0.481 e. The molecule has 3 heteroatoms. The molecule has 0 radical (unpaired) electrons. The van der Waals surface area contributed by atoms with E-state index < -0.39 is 5.97 Å². The summed E-state index contributed by atoms with van der Waals surface area (Å²) in [6.45, 7) is 0. The molecular weight excluding hydrogens is 207 g/mol. The lowest BCUT2D eigenvalue weighted by Gasteiger charge is -2.15. The van der Waals surface area contributed by atoms with Gasteiger partial charge in [0.15, 0.2) is 0 Å². The monoisotopic (exact) mass is 222 g/mol. The van der Waals surface area contributed by atoms with Crippen LogP contribution in [0.2, 0.25) is 0 Å². The number of rotatable bonds is 3. The Labute approximate surface area is 94.1 Å². The third kappa shape index (κ3) is 2.40. The first-order valence-corrected chi connectivity index (χ1v) is 5.64. The number of hydrogen-bond donors (Lipinski definition) is 1. The van der Waals surface area contributed by atoms with Crippen LogP contribution in [0, 0.1) is 17.7 Å². The summed E-state index contributed by atoms with van der Waals surface area (Å²) in [6.07, 6.45) is 3.48. The molecule has 16 heavy (non-hydrogen) atoms. The van der Waals surface area contributed by atoms with Crippen LogP contribution in [0.4, 0.5) is 4.39 Å². The van der Waals surface area contributed by atoms with Crippen LogP contribution < -0.4 is 0 Å². The van der Waals surface area contributed by atoms with E-state index in [9.17, 15) is 9.18 Å². The average molecular weight is 222 g/mol. The van der Waals surface area contributed by atoms with Crippen LogP contribution in [0.15, 0.2) is 24.3 Å². The first-order valence-electron chi connectivity index (χ1n) is 5.64. The van der Waals surface area contributed by atoms with Crippen LogP contribution in [0.3, 0.4) is 0 Å². The van der Waals surface area contributed by atoms with Crippen molar-refractivity contribution in [3.8, 4) is 0 Å². The van der Waals surface area contributed by atoms with E-state index in [4.69, 9.17) is 5.11 Å². The Morgan fingerprint density at radius 3 is 2.62 bits per heavy atom. The van der Waals surface area contributed by atoms with Gasteiger partial charge in [0.2, 0.25) is 0 Å². The topological polar surface area (TPSA) is 37.3 Å². The van der Waals surface area contributed by atoms with Crippen molar-refractivity contribution in [3.63, 3.8) is 0 Å². The molecule has 0 spiro atoms. The molecule has 1 N–H and O–H groups in total. The first kappa shape index (κ1) is 11.1. The van der Waals surface area contributed by atoms with Crippen molar-refractivity contribution < 1.29 is 14.3 Å². The lowest BCUT2D eigenvalue weighted by molar-refractivity contribution is -0.142. The summed E-state index contributed by atoms with van der Waals surface area (Å²) in [5.74, 6) is -0.942. The van der Waals surface area contributed by atoms with Gasteiger partial charge in [-0.15, -0.1) is 0 Å². The molecule has 1 aliphatic carbocycles. The van der Waals surface area contributed by atoms with Crippen molar-refractivity contribution in [2.75, 3.05) is 0 Å². The van der Waals surface area contributed by atoms with E-state index in [1.807, 2.05) is 0 Å². The van der Waals surface area contributed by atoms with E-state index in [-0.39, 0.29) is 17.7 Å². The number of aliphatic carboxylic acids is 1. The molecule has 1 aromatic rings. The quantitative estimate of drug-likeness (QED) is 0.853. The Bertz CT molecular complexity index is 372. The fourth-order valence-electron chi connectivity index (χ4n) is 2.53. The number of benzene rings is 1. The Balaban J connectivity index is 2.03. The highest BCUT2D eigenvalue weighted by Gasteiger charge is 2.32. The Morgan fingerprint density at radius 2 is 2.00 bits per heavy atom. The summed E-state index contributed by atoms with van der Waals surface area (Å²) in [7, 11) is 0. The number of hydrogen-bond acceptors (Lipinski definition) is 1. The van der Waals surface area contributed by atoms with E-state index in [0.717, 1.165) is 31.2 Å². The first-order chi connectivity index (χ1) is 7.66. The SMILES string of the molecule is O=C(O)C1CCCC1Cc1ccc(F)cc1. The highest BCUT2D eigenvalue weighted by Crippen LogP contribution is 2.34. The third-order valence-electron chi connectivity index (χ3n) is 3.39. The van der Waals surface area contributed by atoms with Crippen molar-refractivity contribution in [3.05, 3.63) is 35.6 Å². The molecule has 86 valence electrons. The number of halogens is 1. The van der Waals surface area contributed by atoms with Gasteiger partial charge in [0.25, 0.3) is 0 Å². The normalized spacial score (nSPS) is 24.6. The predicted molar refractivity (Wildman–Crippen MR) is 58.6 cm³/mol. The van der Waals surface area contributed by atoms with Gasteiger partial charge in [-0.3, -0.25) is 4.79 Å². The van der Waals surface area contributed by atoms with Gasteiger partial charge in [-0.1, -0.05) is 18.6 Å². The highest BCUT2D eigenvalue weighted by molar-refractivity contribution is 5.70. The molecule has 2 nitrogen and oxygen atoms in total. The molecule has 1 fully saturated rings. The summed E-state index contributed by atoms with van der Waals surface area (Å²) in [5, 5.41) is 9.05. The molecule has 0 bridgehead atoms. The lowest BCUT2D eigenvalue weighted by atomic mass is 9.90. The van der Waals surface area contributed by atoms with Crippen LogP contribution in [0.25, 0.3) is 0 Å². The highest BCUT2D eigenvalue weighted by atomic mass is 19.1. The minimum atomic E-state index is -0.690. The number of carboxylic acid groups (broad SMARTS) is 1. The molecule has 2 atom stereocenters. The summed E-state index contributed by atoms with van der Waals surface area (Å²) in [4.78, 5) is 11.0. The molecular formula is C13H15FO2. The summed E-state index contributed by atoms with van der Waals surface area (Å²) >= 11 is 0. The molecule has 0 heterocycles. The standard InChI is InChI=1S/C13H15FO2/c14-11-6-4-9(5-7-11)8-10-2-1-3-12(10)13(15)16/h4-7,10,12H,1-3,8H2,(H,15,16). The second-order valence-corrected chi connectivity index (χ2v) is 4.47. The van der Waals surface area contributed by atoms with Gasteiger partial charge in [0, 0.05) is 0 Å². The maximum Gasteiger partial charge on any atom is 0.306 e. The second-order valence-electron chi connectivity index (χ2n) is 4.47. The molecule has 2 rings (SSSR count). The predicted octanol–water partition coefficient (Wildman–Crippen LogP) is 2.87. The van der Waals surface area contributed by atoms with Crippen molar-refractivity contribution in [1.29, 1.82) is 0 Å². The van der Waals surface area contributed by atoms with Gasteiger partial charge in [0.1, 0.15) is 5.82 Å². The van der Waals surface area contributed by atoms with Crippen LogP contribution in [0.5, 0.6) is 0 Å². The second kappa shape index (κ2) is 4.64. The summed E-state index contributed by atoms with van der Waals surface area (Å²) in [6, 6.07) is 6.35. The number of carbonyl (C=O) groups is 1. The van der Waals surface area contributed by atoms with E-state index in [0.29, 0.717) is 0 Å². The van der Waals surface area contributed by atoms with E-state index in [2.05, 4.69) is 0 Å². The van der Waals surface area contributed by atoms with E-state index in [1.165, 1.54) is 12.1 Å². The maximum atomic E-state index is 12.7. The molecule has 1 saturated carbocycles. The molecule has 0 aromatic heterocycles. The van der Waals surface area contributed by atoms with Crippen molar-refractivity contribution in [2.45, 2.75) is 25.7 Å². The zero-order valence-electron chi connectivity index (χ0n) is 9.03. The molecule has 0 aliphatic heterocycles. The van der Waals surface area contributed by atoms with Gasteiger partial charge in [-0.05, 0) is 42.9 Å². The maximum absolute atomic E-state index is 12.7. The third-order valence-corrected chi connectivity index (χ3v) is 3.39. The smallest absolute Gasteiger partial charge is 0.306 e. The average Bonchev–Trinajstić information content (AvgIpc) is 2.69. The minimum absolute atomic E-state index is 0.211. The molecule has 2 unspecified atom stereocenters. The van der Waals surface area contributed by atoms with Crippen LogP contribution in [-0.2, 0) is 11.2 Å². The van der Waals surface area contributed by atoms with Crippen molar-refractivity contribution in [2.24, 2.45) is 11.8 Å². The molecule has 0 saturated heterocycles. The molecule has 1 aromatic carbocycles. The molecule has 0 amide bonds. The van der Waals surface area contributed by atoms with Gasteiger partial charge in [0.05, 0.1) is 5.92 Å². The lowest BCUT2D eigenvalue weighted by Crippen LogP contribution is -2.19. The van der Waals surface area contributed by atoms with Crippen molar-refractivity contribution in [1.82, 2.24) is 0 Å². The van der Waals surface area contributed by atoms with Crippen LogP contribution in [-0.4, -0.2) is 11.1 Å². The van der Waals surface area contributed by atoms with Gasteiger partial charge in [-0.2, -0.15) is 0 Å². The summed E-state index contributed by atoms with van der Waals surface area (Å²) in [5.41, 5.74) is 1.03. The Hall–Kier alpha value is -1.38. The van der Waals surface area contributed by atoms with Gasteiger partial charge < -0.3 is 5.11 Å². The van der Waals surface area contributed by atoms with Crippen molar-refractivity contribution >= 4 is 5.97 Å². The summed E-state index contributed by atoms with van der Waals surface area (Å²) < 4.78 is 12.7. The van der Waals surface area contributed by atoms with Gasteiger partial charge in [-0.25, -0.2) is 4.39 Å². The fourth-order valence-corrected chi connectivity index (χ4v) is 2.53. The van der Waals surface area contributed by atoms with Gasteiger partial charge >= 0.3 is 5.97 Å². The largest absolute Gasteiger partial charge is 0.481 e.